The van der Waals surface area contributed by atoms with Crippen molar-refractivity contribution in [1.82, 2.24) is 4.90 Å². The highest BCUT2D eigenvalue weighted by atomic mass is 16.2. The lowest BCUT2D eigenvalue weighted by molar-refractivity contribution is -0.142. The Labute approximate surface area is 82.6 Å². The summed E-state index contributed by atoms with van der Waals surface area (Å²) in [4.78, 5) is 34.3. The van der Waals surface area contributed by atoms with E-state index >= 15 is 0 Å². The van der Waals surface area contributed by atoms with E-state index in [2.05, 4.69) is 0 Å². The molecule has 0 atom stereocenters. The number of carbonyl (C=O) groups excluding carboxylic acids is 3. The quantitative estimate of drug-likeness (QED) is 0.619. The van der Waals surface area contributed by atoms with Crippen LogP contribution >= 0.6 is 0 Å². The van der Waals surface area contributed by atoms with Gasteiger partial charge in [0.2, 0.25) is 5.91 Å². The minimum atomic E-state index is -0.273. The SMILES string of the molecule is CC(=O)CCCN1C(=O)C=CCC1=O. The lowest BCUT2D eigenvalue weighted by Crippen LogP contribution is -2.38. The largest absolute Gasteiger partial charge is 0.300 e. The smallest absolute Gasteiger partial charge is 0.252 e. The molecule has 0 radical (unpaired) electrons. The molecule has 0 fully saturated rings. The summed E-state index contributed by atoms with van der Waals surface area (Å²) in [5, 5.41) is 0. The van der Waals surface area contributed by atoms with Crippen molar-refractivity contribution in [2.45, 2.75) is 26.2 Å². The first-order valence-corrected chi connectivity index (χ1v) is 4.61. The number of hydrogen-bond acceptors (Lipinski definition) is 3. The van der Waals surface area contributed by atoms with E-state index in [0.717, 1.165) is 0 Å². The maximum atomic E-state index is 11.2. The molecule has 1 rings (SSSR count). The predicted molar refractivity (Wildman–Crippen MR) is 50.4 cm³/mol. The average molecular weight is 195 g/mol. The van der Waals surface area contributed by atoms with E-state index in [1.807, 2.05) is 0 Å². The van der Waals surface area contributed by atoms with Crippen LogP contribution in [0.1, 0.15) is 26.2 Å². The van der Waals surface area contributed by atoms with Crippen LogP contribution in [0.5, 0.6) is 0 Å². The molecule has 0 N–H and O–H groups in total. The molecule has 0 bridgehead atoms. The number of nitrogens with zero attached hydrogens (tertiary/aromatic N) is 1. The fraction of sp³-hybridized carbons (Fsp3) is 0.500. The Bertz CT molecular complexity index is 294. The molecule has 0 aromatic heterocycles. The summed E-state index contributed by atoms with van der Waals surface area (Å²) in [5.41, 5.74) is 0. The monoisotopic (exact) mass is 195 g/mol. The highest BCUT2D eigenvalue weighted by Crippen LogP contribution is 2.06. The molecule has 0 unspecified atom stereocenters. The summed E-state index contributed by atoms with van der Waals surface area (Å²) in [5.74, 6) is -0.372. The zero-order valence-corrected chi connectivity index (χ0v) is 8.16. The van der Waals surface area contributed by atoms with E-state index in [9.17, 15) is 14.4 Å². The van der Waals surface area contributed by atoms with Gasteiger partial charge in [-0.2, -0.15) is 0 Å². The van der Waals surface area contributed by atoms with E-state index in [-0.39, 0.29) is 24.0 Å². The third-order valence-corrected chi connectivity index (χ3v) is 2.03. The van der Waals surface area contributed by atoms with E-state index < -0.39 is 0 Å². The Hall–Kier alpha value is -1.45. The van der Waals surface area contributed by atoms with E-state index in [1.165, 1.54) is 17.9 Å². The molecule has 0 spiro atoms. The first-order chi connectivity index (χ1) is 6.61. The zero-order chi connectivity index (χ0) is 10.6. The predicted octanol–water partition coefficient (Wildman–Crippen LogP) is 0.671. The normalized spacial score (nSPS) is 16.2. The van der Waals surface area contributed by atoms with Gasteiger partial charge in [-0.15, -0.1) is 0 Å². The van der Waals surface area contributed by atoms with Gasteiger partial charge in [-0.25, -0.2) is 0 Å². The molecule has 0 aromatic rings. The van der Waals surface area contributed by atoms with Gasteiger partial charge in [-0.1, -0.05) is 6.08 Å². The van der Waals surface area contributed by atoms with Gasteiger partial charge < -0.3 is 4.79 Å². The molecule has 0 saturated carbocycles. The third-order valence-electron chi connectivity index (χ3n) is 2.03. The minimum Gasteiger partial charge on any atom is -0.300 e. The second-order valence-electron chi connectivity index (χ2n) is 3.30. The number of hydrogen-bond donors (Lipinski definition) is 0. The number of imide groups is 1. The summed E-state index contributed by atoms with van der Waals surface area (Å²) in [6, 6.07) is 0. The summed E-state index contributed by atoms with van der Waals surface area (Å²) >= 11 is 0. The van der Waals surface area contributed by atoms with Crippen molar-refractivity contribution < 1.29 is 14.4 Å². The van der Waals surface area contributed by atoms with Crippen LogP contribution in [0.25, 0.3) is 0 Å². The van der Waals surface area contributed by atoms with Crippen LogP contribution in [0.2, 0.25) is 0 Å². The Morgan fingerprint density at radius 1 is 1.50 bits per heavy atom. The lowest BCUT2D eigenvalue weighted by atomic mass is 10.2. The first kappa shape index (κ1) is 10.6. The maximum absolute atomic E-state index is 11.2. The van der Waals surface area contributed by atoms with Crippen molar-refractivity contribution in [2.24, 2.45) is 0 Å². The molecular weight excluding hydrogens is 182 g/mol. The van der Waals surface area contributed by atoms with Crippen LogP contribution in [0.4, 0.5) is 0 Å². The number of carbonyl (C=O) groups is 3. The summed E-state index contributed by atoms with van der Waals surface area (Å²) < 4.78 is 0. The number of amides is 2. The standard InChI is InChI=1S/C10H13NO3/c1-8(12)4-3-7-11-9(13)5-2-6-10(11)14/h2,5H,3-4,6-7H2,1H3. The van der Waals surface area contributed by atoms with Crippen molar-refractivity contribution in [3.63, 3.8) is 0 Å². The van der Waals surface area contributed by atoms with Crippen LogP contribution in [-0.2, 0) is 14.4 Å². The molecule has 0 saturated heterocycles. The van der Waals surface area contributed by atoms with Crippen LogP contribution in [0, 0.1) is 0 Å². The van der Waals surface area contributed by atoms with Gasteiger partial charge in [0, 0.05) is 25.5 Å². The van der Waals surface area contributed by atoms with Gasteiger partial charge in [0.05, 0.1) is 0 Å². The number of Topliss-reactive ketones (excluding diaryl/α,β-unsaturated/α-hetero) is 1. The lowest BCUT2D eigenvalue weighted by Gasteiger charge is -2.20. The van der Waals surface area contributed by atoms with Gasteiger partial charge in [-0.3, -0.25) is 14.5 Å². The topological polar surface area (TPSA) is 54.5 Å². The van der Waals surface area contributed by atoms with E-state index in [4.69, 9.17) is 0 Å². The molecule has 0 aromatic carbocycles. The second kappa shape index (κ2) is 4.69. The average Bonchev–Trinajstić information content (AvgIpc) is 2.09. The van der Waals surface area contributed by atoms with Crippen molar-refractivity contribution >= 4 is 17.6 Å². The molecule has 14 heavy (non-hydrogen) atoms. The summed E-state index contributed by atoms with van der Waals surface area (Å²) in [7, 11) is 0. The molecule has 0 aliphatic carbocycles. The third kappa shape index (κ3) is 2.80. The molecule has 4 heteroatoms. The highest BCUT2D eigenvalue weighted by Gasteiger charge is 2.21. The van der Waals surface area contributed by atoms with Crippen molar-refractivity contribution in [1.29, 1.82) is 0 Å². The number of rotatable bonds is 4. The van der Waals surface area contributed by atoms with E-state index in [0.29, 0.717) is 19.4 Å². The van der Waals surface area contributed by atoms with Crippen LogP contribution in [-0.4, -0.2) is 29.0 Å². The zero-order valence-electron chi connectivity index (χ0n) is 8.16. The number of ketones is 1. The Balaban J connectivity index is 2.43. The van der Waals surface area contributed by atoms with Crippen molar-refractivity contribution in [2.75, 3.05) is 6.54 Å². The van der Waals surface area contributed by atoms with Gasteiger partial charge in [-0.05, 0) is 13.3 Å². The molecule has 4 nitrogen and oxygen atoms in total. The van der Waals surface area contributed by atoms with Crippen LogP contribution in [0.3, 0.4) is 0 Å². The van der Waals surface area contributed by atoms with Gasteiger partial charge >= 0.3 is 0 Å². The summed E-state index contributed by atoms with van der Waals surface area (Å²) in [6.45, 7) is 1.85. The molecule has 1 aliphatic heterocycles. The van der Waals surface area contributed by atoms with Crippen molar-refractivity contribution in [3.8, 4) is 0 Å². The van der Waals surface area contributed by atoms with Gasteiger partial charge in [0.15, 0.2) is 0 Å². The highest BCUT2D eigenvalue weighted by molar-refractivity contribution is 6.04. The molecule has 2 amide bonds. The fourth-order valence-corrected chi connectivity index (χ4v) is 1.30. The fourth-order valence-electron chi connectivity index (χ4n) is 1.30. The molecule has 76 valence electrons. The Morgan fingerprint density at radius 3 is 2.79 bits per heavy atom. The minimum absolute atomic E-state index is 0.0810. The van der Waals surface area contributed by atoms with Crippen molar-refractivity contribution in [3.05, 3.63) is 12.2 Å². The maximum Gasteiger partial charge on any atom is 0.252 e. The van der Waals surface area contributed by atoms with Gasteiger partial charge in [0.1, 0.15) is 5.78 Å². The molecule has 1 heterocycles. The van der Waals surface area contributed by atoms with E-state index in [1.54, 1.807) is 6.08 Å². The molecular formula is C10H13NO3. The van der Waals surface area contributed by atoms with Gasteiger partial charge in [0.25, 0.3) is 5.91 Å². The Morgan fingerprint density at radius 2 is 2.21 bits per heavy atom. The first-order valence-electron chi connectivity index (χ1n) is 4.61. The van der Waals surface area contributed by atoms with Crippen LogP contribution < -0.4 is 0 Å². The summed E-state index contributed by atoms with van der Waals surface area (Å²) in [6.07, 6.45) is 4.22. The van der Waals surface area contributed by atoms with Crippen LogP contribution in [0.15, 0.2) is 12.2 Å². The second-order valence-corrected chi connectivity index (χ2v) is 3.30. The Kier molecular flexibility index (Phi) is 3.56. The molecule has 1 aliphatic rings.